The SMILES string of the molecule is CC(c1cc2ccccc2o1)N(C)C(=O)CN1C[C@@H](N)[C@H](c2ccccc2)C1. The molecule has 0 radical (unpaired) electrons. The van der Waals surface area contributed by atoms with Gasteiger partial charge in [0.05, 0.1) is 12.6 Å². The minimum atomic E-state index is -0.124. The highest BCUT2D eigenvalue weighted by Gasteiger charge is 2.33. The summed E-state index contributed by atoms with van der Waals surface area (Å²) in [5, 5.41) is 1.06. The highest BCUT2D eigenvalue weighted by atomic mass is 16.3. The summed E-state index contributed by atoms with van der Waals surface area (Å²) in [6, 6.07) is 20.2. The van der Waals surface area contributed by atoms with Crippen LogP contribution in [0.15, 0.2) is 65.1 Å². The summed E-state index contributed by atoms with van der Waals surface area (Å²) in [5.41, 5.74) is 8.46. The number of hydrogen-bond donors (Lipinski definition) is 1. The Morgan fingerprint density at radius 2 is 1.89 bits per heavy atom. The second-order valence-corrected chi connectivity index (χ2v) is 7.74. The lowest BCUT2D eigenvalue weighted by Gasteiger charge is -2.26. The predicted octanol–water partition coefficient (Wildman–Crippen LogP) is 3.38. The smallest absolute Gasteiger partial charge is 0.237 e. The highest BCUT2D eigenvalue weighted by Crippen LogP contribution is 2.28. The van der Waals surface area contributed by atoms with Crippen molar-refractivity contribution in [2.45, 2.75) is 24.9 Å². The molecule has 0 spiro atoms. The number of amides is 1. The Morgan fingerprint density at radius 3 is 2.64 bits per heavy atom. The third kappa shape index (κ3) is 3.68. The quantitative estimate of drug-likeness (QED) is 0.740. The summed E-state index contributed by atoms with van der Waals surface area (Å²) < 4.78 is 5.94. The van der Waals surface area contributed by atoms with Crippen LogP contribution >= 0.6 is 0 Å². The first-order valence-electron chi connectivity index (χ1n) is 9.80. The van der Waals surface area contributed by atoms with E-state index in [0.29, 0.717) is 6.54 Å². The molecule has 28 heavy (non-hydrogen) atoms. The van der Waals surface area contributed by atoms with Crippen LogP contribution in [0.4, 0.5) is 0 Å². The van der Waals surface area contributed by atoms with Gasteiger partial charge in [0.25, 0.3) is 0 Å². The maximum Gasteiger partial charge on any atom is 0.237 e. The van der Waals surface area contributed by atoms with Crippen LogP contribution in [0.25, 0.3) is 11.0 Å². The Balaban J connectivity index is 1.40. The lowest BCUT2D eigenvalue weighted by atomic mass is 9.95. The average Bonchev–Trinajstić information content (AvgIpc) is 3.30. The number of hydrogen-bond acceptors (Lipinski definition) is 4. The molecule has 2 N–H and O–H groups in total. The molecule has 5 nitrogen and oxygen atoms in total. The highest BCUT2D eigenvalue weighted by molar-refractivity contribution is 5.80. The second-order valence-electron chi connectivity index (χ2n) is 7.74. The van der Waals surface area contributed by atoms with E-state index in [1.165, 1.54) is 5.56 Å². The molecule has 1 amide bonds. The number of nitrogens with two attached hydrogens (primary N) is 1. The standard InChI is InChI=1S/C23H27N3O2/c1-16(22-12-18-10-6-7-11-21(18)28-22)25(2)23(27)15-26-13-19(20(24)14-26)17-8-4-3-5-9-17/h3-12,16,19-20H,13-15,24H2,1-2H3/t16?,19-,20+/m0/s1. The van der Waals surface area contributed by atoms with E-state index in [1.807, 2.05) is 62.5 Å². The van der Waals surface area contributed by atoms with E-state index < -0.39 is 0 Å². The molecule has 3 aromatic rings. The number of para-hydroxylation sites is 1. The maximum absolute atomic E-state index is 12.9. The van der Waals surface area contributed by atoms with Crippen LogP contribution in [-0.4, -0.2) is 48.4 Å². The van der Waals surface area contributed by atoms with Gasteiger partial charge in [0, 0.05) is 37.5 Å². The maximum atomic E-state index is 12.9. The van der Waals surface area contributed by atoms with E-state index in [-0.39, 0.29) is 23.9 Å². The summed E-state index contributed by atoms with van der Waals surface area (Å²) >= 11 is 0. The Kier molecular flexibility index (Phi) is 5.20. The van der Waals surface area contributed by atoms with Crippen LogP contribution in [0.3, 0.4) is 0 Å². The minimum absolute atomic E-state index is 0.0494. The van der Waals surface area contributed by atoms with Crippen LogP contribution in [0.5, 0.6) is 0 Å². The van der Waals surface area contributed by atoms with Crippen molar-refractivity contribution in [3.05, 3.63) is 72.0 Å². The van der Waals surface area contributed by atoms with Gasteiger partial charge in [-0.3, -0.25) is 9.69 Å². The van der Waals surface area contributed by atoms with Crippen molar-refractivity contribution < 1.29 is 9.21 Å². The number of likely N-dealkylation sites (tertiary alicyclic amines) is 1. The zero-order valence-corrected chi connectivity index (χ0v) is 16.4. The van der Waals surface area contributed by atoms with E-state index in [9.17, 15) is 4.79 Å². The monoisotopic (exact) mass is 377 g/mol. The second kappa shape index (κ2) is 7.78. The molecule has 2 heterocycles. The summed E-state index contributed by atoms with van der Waals surface area (Å²) in [6.07, 6.45) is 0. The Hall–Kier alpha value is -2.63. The molecule has 1 fully saturated rings. The van der Waals surface area contributed by atoms with Gasteiger partial charge in [-0.15, -0.1) is 0 Å². The number of fused-ring (bicyclic) bond motifs is 1. The molecule has 2 aromatic carbocycles. The first kappa shape index (κ1) is 18.7. The molecule has 4 rings (SSSR count). The third-order valence-electron chi connectivity index (χ3n) is 5.86. The first-order chi connectivity index (χ1) is 13.5. The molecule has 0 aliphatic carbocycles. The molecule has 1 unspecified atom stereocenters. The number of carbonyl (C=O) groups is 1. The zero-order chi connectivity index (χ0) is 19.7. The van der Waals surface area contributed by atoms with Crippen LogP contribution in [0.1, 0.15) is 30.2 Å². The van der Waals surface area contributed by atoms with Crippen molar-refractivity contribution in [3.8, 4) is 0 Å². The van der Waals surface area contributed by atoms with Crippen LogP contribution in [0.2, 0.25) is 0 Å². The molecule has 1 saturated heterocycles. The number of likely N-dealkylation sites (N-methyl/N-ethyl adjacent to an activating group) is 1. The molecular formula is C23H27N3O2. The third-order valence-corrected chi connectivity index (χ3v) is 5.86. The Morgan fingerprint density at radius 1 is 1.18 bits per heavy atom. The van der Waals surface area contributed by atoms with Crippen molar-refractivity contribution in [1.29, 1.82) is 0 Å². The van der Waals surface area contributed by atoms with Gasteiger partial charge in [-0.05, 0) is 24.6 Å². The van der Waals surface area contributed by atoms with E-state index in [2.05, 4.69) is 17.0 Å². The molecule has 1 aliphatic rings. The van der Waals surface area contributed by atoms with Crippen molar-refractivity contribution in [1.82, 2.24) is 9.80 Å². The molecule has 146 valence electrons. The van der Waals surface area contributed by atoms with Crippen molar-refractivity contribution in [3.63, 3.8) is 0 Å². The van der Waals surface area contributed by atoms with Gasteiger partial charge in [-0.25, -0.2) is 0 Å². The predicted molar refractivity (Wildman–Crippen MR) is 111 cm³/mol. The first-order valence-corrected chi connectivity index (χ1v) is 9.80. The number of furan rings is 1. The number of nitrogens with zero attached hydrogens (tertiary/aromatic N) is 2. The molecule has 3 atom stereocenters. The van der Waals surface area contributed by atoms with Gasteiger partial charge < -0.3 is 15.1 Å². The lowest BCUT2D eigenvalue weighted by Crippen LogP contribution is -2.39. The summed E-state index contributed by atoms with van der Waals surface area (Å²) in [5.74, 6) is 1.15. The van der Waals surface area contributed by atoms with E-state index in [1.54, 1.807) is 4.90 Å². The number of carbonyl (C=O) groups excluding carboxylic acids is 1. The van der Waals surface area contributed by atoms with Gasteiger partial charge in [0.15, 0.2) is 0 Å². The van der Waals surface area contributed by atoms with Crippen LogP contribution in [-0.2, 0) is 4.79 Å². The van der Waals surface area contributed by atoms with Crippen LogP contribution in [0, 0.1) is 0 Å². The lowest BCUT2D eigenvalue weighted by molar-refractivity contribution is -0.133. The van der Waals surface area contributed by atoms with E-state index in [0.717, 1.165) is 29.8 Å². The summed E-state index contributed by atoms with van der Waals surface area (Å²) in [7, 11) is 1.84. The zero-order valence-electron chi connectivity index (χ0n) is 16.4. The average molecular weight is 377 g/mol. The fourth-order valence-corrected chi connectivity index (χ4v) is 4.01. The fraction of sp³-hybridized carbons (Fsp3) is 0.348. The largest absolute Gasteiger partial charge is 0.459 e. The van der Waals surface area contributed by atoms with Gasteiger partial charge in [-0.2, -0.15) is 0 Å². The normalized spacial score (nSPS) is 21.1. The number of benzene rings is 2. The van der Waals surface area contributed by atoms with Gasteiger partial charge >= 0.3 is 0 Å². The fourth-order valence-electron chi connectivity index (χ4n) is 4.01. The van der Waals surface area contributed by atoms with Crippen molar-refractivity contribution >= 4 is 16.9 Å². The molecule has 1 aromatic heterocycles. The Labute approximate surface area is 165 Å². The van der Waals surface area contributed by atoms with Gasteiger partial charge in [0.1, 0.15) is 11.3 Å². The van der Waals surface area contributed by atoms with E-state index in [4.69, 9.17) is 10.2 Å². The summed E-state index contributed by atoms with van der Waals surface area (Å²) in [4.78, 5) is 16.8. The minimum Gasteiger partial charge on any atom is -0.459 e. The molecule has 0 saturated carbocycles. The van der Waals surface area contributed by atoms with E-state index >= 15 is 0 Å². The molecule has 1 aliphatic heterocycles. The Bertz CT molecular complexity index is 920. The van der Waals surface area contributed by atoms with Crippen molar-refractivity contribution in [2.75, 3.05) is 26.7 Å². The summed E-state index contributed by atoms with van der Waals surface area (Å²) in [6.45, 7) is 3.91. The number of rotatable bonds is 5. The van der Waals surface area contributed by atoms with Gasteiger partial charge in [0.2, 0.25) is 5.91 Å². The van der Waals surface area contributed by atoms with Crippen molar-refractivity contribution in [2.24, 2.45) is 5.73 Å². The molecule has 0 bridgehead atoms. The van der Waals surface area contributed by atoms with Gasteiger partial charge in [-0.1, -0.05) is 48.5 Å². The molecule has 5 heteroatoms. The van der Waals surface area contributed by atoms with Crippen LogP contribution < -0.4 is 5.73 Å². The topological polar surface area (TPSA) is 62.7 Å². The molecular weight excluding hydrogens is 350 g/mol.